The second kappa shape index (κ2) is 8.28. The molecule has 12 nitrogen and oxygen atoms in total. The standard InChI is InChI=1S/C16H22O12S/c1-2-6-7-3-10(29(22,23)24)27-14(21)8(7)5-25-15(6)28-16-13(20)12(19)11(18)9(4-17)26-16/h2,5-7,9-13,15-20H,1,3-4H2,(H,22,23,24)/t6-,7+,9-,10+,11-,12+,13-,15+,16+/m1/s1. The van der Waals surface area contributed by atoms with Crippen molar-refractivity contribution in [3.63, 3.8) is 0 Å². The molecule has 0 spiro atoms. The van der Waals surface area contributed by atoms with E-state index in [2.05, 4.69) is 6.58 Å². The monoisotopic (exact) mass is 438 g/mol. The third-order valence-electron chi connectivity index (χ3n) is 5.15. The molecule has 0 bridgehead atoms. The van der Waals surface area contributed by atoms with Gasteiger partial charge < -0.3 is 39.4 Å². The Hall–Kier alpha value is -1.58. The number of aliphatic hydroxyl groups is 4. The first-order chi connectivity index (χ1) is 13.6. The largest absolute Gasteiger partial charge is 0.471 e. The Kier molecular flexibility index (Phi) is 6.31. The molecule has 9 atom stereocenters. The second-order valence-electron chi connectivity index (χ2n) is 6.92. The first-order valence-electron chi connectivity index (χ1n) is 8.69. The third kappa shape index (κ3) is 4.18. The molecule has 0 aromatic carbocycles. The molecule has 3 aliphatic rings. The van der Waals surface area contributed by atoms with Gasteiger partial charge in [0.25, 0.3) is 0 Å². The van der Waals surface area contributed by atoms with Gasteiger partial charge in [0, 0.05) is 18.3 Å². The van der Waals surface area contributed by atoms with Crippen molar-refractivity contribution in [1.29, 1.82) is 0 Å². The molecule has 29 heavy (non-hydrogen) atoms. The summed E-state index contributed by atoms with van der Waals surface area (Å²) in [5.41, 5.74) is -1.76. The van der Waals surface area contributed by atoms with E-state index in [0.29, 0.717) is 0 Å². The zero-order valence-electron chi connectivity index (χ0n) is 15.0. The fraction of sp³-hybridized carbons (Fsp3) is 0.688. The molecule has 0 aromatic heterocycles. The summed E-state index contributed by atoms with van der Waals surface area (Å²) in [7, 11) is -4.66. The first-order valence-corrected chi connectivity index (χ1v) is 10.2. The summed E-state index contributed by atoms with van der Waals surface area (Å²) >= 11 is 0. The van der Waals surface area contributed by atoms with Crippen molar-refractivity contribution < 1.29 is 57.1 Å². The van der Waals surface area contributed by atoms with Gasteiger partial charge in [0.2, 0.25) is 11.7 Å². The fourth-order valence-corrected chi connectivity index (χ4v) is 4.19. The SMILES string of the molecule is C=C[C@H]1[C@H](O[C@@H]2O[C@H](CO)[C@@H](O)[C@H](O)[C@H]2O)OC=C2C(=O)O[C@@H](S(=O)(=O)O)C[C@H]21. The van der Waals surface area contributed by atoms with Crippen LogP contribution in [0.4, 0.5) is 0 Å². The van der Waals surface area contributed by atoms with Crippen LogP contribution >= 0.6 is 0 Å². The molecule has 0 aliphatic carbocycles. The lowest BCUT2D eigenvalue weighted by atomic mass is 9.80. The van der Waals surface area contributed by atoms with Gasteiger partial charge in [-0.1, -0.05) is 6.08 Å². The number of fused-ring (bicyclic) bond motifs is 1. The quantitative estimate of drug-likeness (QED) is 0.174. The molecular weight excluding hydrogens is 416 g/mol. The van der Waals surface area contributed by atoms with Crippen LogP contribution in [-0.4, -0.2) is 88.4 Å². The zero-order valence-corrected chi connectivity index (χ0v) is 15.8. The van der Waals surface area contributed by atoms with Crippen LogP contribution in [0.3, 0.4) is 0 Å². The zero-order chi connectivity index (χ0) is 21.5. The van der Waals surface area contributed by atoms with Crippen molar-refractivity contribution in [2.75, 3.05) is 6.61 Å². The van der Waals surface area contributed by atoms with Crippen molar-refractivity contribution in [3.05, 3.63) is 24.5 Å². The van der Waals surface area contributed by atoms with Crippen molar-refractivity contribution in [3.8, 4) is 0 Å². The van der Waals surface area contributed by atoms with E-state index in [-0.39, 0.29) is 12.0 Å². The highest BCUT2D eigenvalue weighted by Gasteiger charge is 2.50. The Morgan fingerprint density at radius 3 is 2.48 bits per heavy atom. The number of ether oxygens (including phenoxy) is 4. The normalized spacial score (nSPS) is 42.9. The number of hydrogen-bond acceptors (Lipinski definition) is 11. The van der Waals surface area contributed by atoms with Crippen LogP contribution in [0.15, 0.2) is 24.5 Å². The second-order valence-corrected chi connectivity index (χ2v) is 8.47. The van der Waals surface area contributed by atoms with Gasteiger partial charge in [0.15, 0.2) is 6.29 Å². The lowest BCUT2D eigenvalue weighted by molar-refractivity contribution is -0.339. The Labute approximate surface area is 165 Å². The minimum atomic E-state index is -4.66. The molecule has 2 fully saturated rings. The minimum absolute atomic E-state index is 0.0171. The van der Waals surface area contributed by atoms with Gasteiger partial charge in [0.05, 0.1) is 18.4 Å². The predicted octanol–water partition coefficient (Wildman–Crippen LogP) is -2.38. The molecule has 3 rings (SSSR count). The highest BCUT2D eigenvalue weighted by Crippen LogP contribution is 2.41. The number of carbonyl (C=O) groups excluding carboxylic acids is 1. The van der Waals surface area contributed by atoms with Gasteiger partial charge in [-0.15, -0.1) is 6.58 Å². The molecule has 0 unspecified atom stereocenters. The van der Waals surface area contributed by atoms with Crippen LogP contribution in [0, 0.1) is 11.8 Å². The number of esters is 1. The highest BCUT2D eigenvalue weighted by molar-refractivity contribution is 7.86. The number of carbonyl (C=O) groups is 1. The number of cyclic esters (lactones) is 1. The van der Waals surface area contributed by atoms with Crippen LogP contribution in [0.1, 0.15) is 6.42 Å². The van der Waals surface area contributed by atoms with Crippen molar-refractivity contribution in [2.45, 2.75) is 48.9 Å². The average molecular weight is 438 g/mol. The lowest BCUT2D eigenvalue weighted by Crippen LogP contribution is -2.60. The first kappa shape index (κ1) is 22.1. The Balaban J connectivity index is 1.81. The summed E-state index contributed by atoms with van der Waals surface area (Å²) in [6.07, 6.45) is -6.81. The predicted molar refractivity (Wildman–Crippen MR) is 91.0 cm³/mol. The van der Waals surface area contributed by atoms with Crippen LogP contribution in [0.2, 0.25) is 0 Å². The summed E-state index contributed by atoms with van der Waals surface area (Å²) in [6.45, 7) is 2.97. The van der Waals surface area contributed by atoms with Gasteiger partial charge in [-0.25, -0.2) is 4.79 Å². The molecular formula is C16H22O12S. The Bertz CT molecular complexity index is 777. The van der Waals surface area contributed by atoms with E-state index in [1.165, 1.54) is 6.08 Å². The summed E-state index contributed by atoms with van der Waals surface area (Å²) in [5.74, 6) is -2.61. The maximum Gasteiger partial charge on any atom is 0.338 e. The summed E-state index contributed by atoms with van der Waals surface area (Å²) < 4.78 is 53.0. The topological polar surface area (TPSA) is 189 Å². The summed E-state index contributed by atoms with van der Waals surface area (Å²) in [4.78, 5) is 12.1. The average Bonchev–Trinajstić information content (AvgIpc) is 2.67. The Morgan fingerprint density at radius 2 is 1.90 bits per heavy atom. The maximum absolute atomic E-state index is 12.1. The van der Waals surface area contributed by atoms with E-state index < -0.39 is 77.0 Å². The van der Waals surface area contributed by atoms with E-state index >= 15 is 0 Å². The molecule has 3 heterocycles. The van der Waals surface area contributed by atoms with Crippen molar-refractivity contribution in [2.24, 2.45) is 11.8 Å². The minimum Gasteiger partial charge on any atom is -0.471 e. The summed E-state index contributed by atoms with van der Waals surface area (Å²) in [6, 6.07) is 0. The molecule has 164 valence electrons. The molecule has 3 aliphatic heterocycles. The molecule has 0 amide bonds. The van der Waals surface area contributed by atoms with E-state index in [4.69, 9.17) is 18.9 Å². The maximum atomic E-state index is 12.1. The Morgan fingerprint density at radius 1 is 1.21 bits per heavy atom. The molecule has 0 aromatic rings. The van der Waals surface area contributed by atoms with Crippen LogP contribution in [-0.2, 0) is 33.9 Å². The van der Waals surface area contributed by atoms with E-state index in [0.717, 1.165) is 6.26 Å². The fourth-order valence-electron chi connectivity index (χ4n) is 3.53. The van der Waals surface area contributed by atoms with Gasteiger partial charge in [-0.05, 0) is 0 Å². The number of aliphatic hydroxyl groups excluding tert-OH is 4. The van der Waals surface area contributed by atoms with Gasteiger partial charge >= 0.3 is 16.1 Å². The molecule has 13 heteroatoms. The van der Waals surface area contributed by atoms with Crippen LogP contribution in [0.25, 0.3) is 0 Å². The molecule has 0 radical (unpaired) electrons. The molecule has 5 N–H and O–H groups in total. The molecule has 0 saturated carbocycles. The smallest absolute Gasteiger partial charge is 0.338 e. The molecule has 2 saturated heterocycles. The highest BCUT2D eigenvalue weighted by atomic mass is 32.2. The van der Waals surface area contributed by atoms with Gasteiger partial charge in [-0.2, -0.15) is 8.42 Å². The van der Waals surface area contributed by atoms with Crippen LogP contribution in [0.5, 0.6) is 0 Å². The van der Waals surface area contributed by atoms with Gasteiger partial charge in [-0.3, -0.25) is 4.55 Å². The van der Waals surface area contributed by atoms with Crippen LogP contribution < -0.4 is 0 Å². The van der Waals surface area contributed by atoms with E-state index in [1.807, 2.05) is 0 Å². The number of hydrogen-bond donors (Lipinski definition) is 5. The lowest BCUT2D eigenvalue weighted by Gasteiger charge is -2.44. The van der Waals surface area contributed by atoms with Gasteiger partial charge in [0.1, 0.15) is 24.4 Å². The third-order valence-corrected chi connectivity index (χ3v) is 6.10. The van der Waals surface area contributed by atoms with Crippen molar-refractivity contribution in [1.82, 2.24) is 0 Å². The van der Waals surface area contributed by atoms with E-state index in [1.54, 1.807) is 0 Å². The summed E-state index contributed by atoms with van der Waals surface area (Å²) in [5, 5.41) is 39.1. The number of rotatable bonds is 5. The van der Waals surface area contributed by atoms with Crippen molar-refractivity contribution >= 4 is 16.1 Å². The van der Waals surface area contributed by atoms with E-state index in [9.17, 15) is 38.2 Å².